The van der Waals surface area contributed by atoms with Gasteiger partial charge >= 0.3 is 0 Å². The summed E-state index contributed by atoms with van der Waals surface area (Å²) in [5.74, 6) is 0. The van der Waals surface area contributed by atoms with Gasteiger partial charge in [-0.15, -0.1) is 0 Å². The quantitative estimate of drug-likeness (QED) is 0.727. The summed E-state index contributed by atoms with van der Waals surface area (Å²) in [5, 5.41) is 11.0. The van der Waals surface area contributed by atoms with Gasteiger partial charge in [-0.3, -0.25) is 4.98 Å². The van der Waals surface area contributed by atoms with Crippen LogP contribution < -0.4 is 10.6 Å². The molecule has 4 nitrogen and oxygen atoms in total. The van der Waals surface area contributed by atoms with Crippen LogP contribution in [0.1, 0.15) is 5.56 Å². The van der Waals surface area contributed by atoms with Gasteiger partial charge in [0.2, 0.25) is 0 Å². The molecule has 0 aliphatic heterocycles. The third-order valence-electron chi connectivity index (χ3n) is 3.55. The molecule has 0 spiro atoms. The fourth-order valence-corrected chi connectivity index (χ4v) is 2.41. The van der Waals surface area contributed by atoms with Crippen LogP contribution in [0.25, 0.3) is 10.8 Å². The molecule has 102 valence electrons. The largest absolute Gasteiger partial charge is 0.398 e. The van der Waals surface area contributed by atoms with Gasteiger partial charge in [0.05, 0.1) is 17.3 Å². The highest BCUT2D eigenvalue weighted by Crippen LogP contribution is 2.33. The summed E-state index contributed by atoms with van der Waals surface area (Å²) in [6, 6.07) is 15.4. The van der Waals surface area contributed by atoms with Gasteiger partial charge in [-0.05, 0) is 36.4 Å². The average molecular weight is 274 g/mol. The normalized spacial score (nSPS) is 10.3. The average Bonchev–Trinajstić information content (AvgIpc) is 2.55. The maximum atomic E-state index is 9.03. The number of nitrogen functional groups attached to an aromatic ring is 1. The van der Waals surface area contributed by atoms with E-state index in [2.05, 4.69) is 11.1 Å². The lowest BCUT2D eigenvalue weighted by Crippen LogP contribution is -2.10. The SMILES string of the molecule is CN(c1cccc(C#N)c1)c1ccc(N)c2ccncc12. The first-order valence-electron chi connectivity index (χ1n) is 6.57. The minimum atomic E-state index is 0.636. The number of nitriles is 1. The molecule has 4 heteroatoms. The maximum absolute atomic E-state index is 9.03. The Morgan fingerprint density at radius 1 is 1.14 bits per heavy atom. The first-order chi connectivity index (χ1) is 10.2. The Labute approximate surface area is 123 Å². The standard InChI is InChI=1S/C17H14N4/c1-21(13-4-2-3-12(9-13)10-18)17-6-5-16(19)14-7-8-20-11-15(14)17/h2-9,11H,19H2,1H3. The van der Waals surface area contributed by atoms with E-state index < -0.39 is 0 Å². The number of pyridine rings is 1. The molecule has 1 aromatic heterocycles. The minimum absolute atomic E-state index is 0.636. The summed E-state index contributed by atoms with van der Waals surface area (Å²) < 4.78 is 0. The second kappa shape index (κ2) is 5.14. The topological polar surface area (TPSA) is 65.9 Å². The van der Waals surface area contributed by atoms with E-state index in [0.717, 1.165) is 27.8 Å². The number of aromatic nitrogens is 1. The number of fused-ring (bicyclic) bond motifs is 1. The first-order valence-corrected chi connectivity index (χ1v) is 6.57. The van der Waals surface area contributed by atoms with E-state index in [-0.39, 0.29) is 0 Å². The lowest BCUT2D eigenvalue weighted by atomic mass is 10.1. The summed E-state index contributed by atoms with van der Waals surface area (Å²) in [5.41, 5.74) is 9.34. The van der Waals surface area contributed by atoms with Crippen molar-refractivity contribution in [3.63, 3.8) is 0 Å². The molecule has 0 amide bonds. The summed E-state index contributed by atoms with van der Waals surface area (Å²) in [6.07, 6.45) is 3.55. The lowest BCUT2D eigenvalue weighted by molar-refractivity contribution is 1.21. The Morgan fingerprint density at radius 2 is 2.00 bits per heavy atom. The van der Waals surface area contributed by atoms with Crippen molar-refractivity contribution in [3.8, 4) is 6.07 Å². The maximum Gasteiger partial charge on any atom is 0.0992 e. The van der Waals surface area contributed by atoms with Gasteiger partial charge < -0.3 is 10.6 Å². The van der Waals surface area contributed by atoms with Crippen LogP contribution in [0.5, 0.6) is 0 Å². The van der Waals surface area contributed by atoms with E-state index in [1.54, 1.807) is 12.3 Å². The second-order valence-electron chi connectivity index (χ2n) is 4.82. The molecule has 0 unspecified atom stereocenters. The Morgan fingerprint density at radius 3 is 2.81 bits per heavy atom. The van der Waals surface area contributed by atoms with Crippen molar-refractivity contribution in [3.05, 3.63) is 60.4 Å². The molecule has 0 atom stereocenters. The second-order valence-corrected chi connectivity index (χ2v) is 4.82. The molecule has 0 saturated carbocycles. The zero-order valence-electron chi connectivity index (χ0n) is 11.6. The molecule has 0 aliphatic rings. The zero-order chi connectivity index (χ0) is 14.8. The predicted molar refractivity (Wildman–Crippen MR) is 85.4 cm³/mol. The monoisotopic (exact) mass is 274 g/mol. The Hall–Kier alpha value is -3.06. The van der Waals surface area contributed by atoms with Gasteiger partial charge in [-0.2, -0.15) is 5.26 Å². The zero-order valence-corrected chi connectivity index (χ0v) is 11.6. The van der Waals surface area contributed by atoms with Crippen molar-refractivity contribution in [2.75, 3.05) is 17.7 Å². The van der Waals surface area contributed by atoms with E-state index in [1.807, 2.05) is 54.5 Å². The first kappa shape index (κ1) is 12.9. The highest BCUT2D eigenvalue weighted by atomic mass is 15.1. The van der Waals surface area contributed by atoms with Gasteiger partial charge in [0, 0.05) is 41.6 Å². The molecule has 0 aliphatic carbocycles. The Balaban J connectivity index is 2.16. The molecule has 0 fully saturated rings. The van der Waals surface area contributed by atoms with Gasteiger partial charge in [0.25, 0.3) is 0 Å². The molecule has 2 N–H and O–H groups in total. The molecule has 3 rings (SSSR count). The number of nitrogens with zero attached hydrogens (tertiary/aromatic N) is 3. The molecule has 0 bridgehead atoms. The molecular formula is C17H14N4. The van der Waals surface area contributed by atoms with Crippen LogP contribution in [0.3, 0.4) is 0 Å². The smallest absolute Gasteiger partial charge is 0.0992 e. The number of nitrogens with two attached hydrogens (primary N) is 1. The molecule has 1 heterocycles. The van der Waals surface area contributed by atoms with Crippen LogP contribution in [0.2, 0.25) is 0 Å². The number of hydrogen-bond donors (Lipinski definition) is 1. The van der Waals surface area contributed by atoms with Crippen LogP contribution in [-0.4, -0.2) is 12.0 Å². The number of benzene rings is 2. The van der Waals surface area contributed by atoms with E-state index in [0.29, 0.717) is 5.56 Å². The van der Waals surface area contributed by atoms with Crippen molar-refractivity contribution >= 4 is 27.8 Å². The highest BCUT2D eigenvalue weighted by Gasteiger charge is 2.10. The molecule has 21 heavy (non-hydrogen) atoms. The van der Waals surface area contributed by atoms with Crippen molar-refractivity contribution in [2.24, 2.45) is 0 Å². The highest BCUT2D eigenvalue weighted by molar-refractivity contribution is 6.01. The van der Waals surface area contributed by atoms with Crippen molar-refractivity contribution in [2.45, 2.75) is 0 Å². The minimum Gasteiger partial charge on any atom is -0.398 e. The summed E-state index contributed by atoms with van der Waals surface area (Å²) >= 11 is 0. The van der Waals surface area contributed by atoms with Crippen LogP contribution in [0.15, 0.2) is 54.9 Å². The third kappa shape index (κ3) is 2.26. The van der Waals surface area contributed by atoms with Gasteiger partial charge in [0.1, 0.15) is 0 Å². The summed E-state index contributed by atoms with van der Waals surface area (Å²) in [6.45, 7) is 0. The van der Waals surface area contributed by atoms with E-state index in [9.17, 15) is 0 Å². The molecule has 2 aromatic carbocycles. The number of hydrogen-bond acceptors (Lipinski definition) is 4. The Kier molecular flexibility index (Phi) is 3.17. The number of anilines is 3. The third-order valence-corrected chi connectivity index (χ3v) is 3.55. The molecule has 0 saturated heterocycles. The fourth-order valence-electron chi connectivity index (χ4n) is 2.41. The molecule has 3 aromatic rings. The van der Waals surface area contributed by atoms with Crippen LogP contribution in [-0.2, 0) is 0 Å². The summed E-state index contributed by atoms with van der Waals surface area (Å²) in [4.78, 5) is 6.22. The van der Waals surface area contributed by atoms with Crippen LogP contribution >= 0.6 is 0 Å². The van der Waals surface area contributed by atoms with E-state index in [1.165, 1.54) is 0 Å². The fraction of sp³-hybridized carbons (Fsp3) is 0.0588. The summed E-state index contributed by atoms with van der Waals surface area (Å²) in [7, 11) is 1.97. The van der Waals surface area contributed by atoms with Crippen LogP contribution in [0, 0.1) is 11.3 Å². The van der Waals surface area contributed by atoms with Gasteiger partial charge in [-0.1, -0.05) is 6.07 Å². The van der Waals surface area contributed by atoms with Crippen molar-refractivity contribution < 1.29 is 0 Å². The number of rotatable bonds is 2. The predicted octanol–water partition coefficient (Wildman–Crippen LogP) is 3.46. The van der Waals surface area contributed by atoms with E-state index in [4.69, 9.17) is 11.0 Å². The van der Waals surface area contributed by atoms with Gasteiger partial charge in [0.15, 0.2) is 0 Å². The molecular weight excluding hydrogens is 260 g/mol. The van der Waals surface area contributed by atoms with Gasteiger partial charge in [-0.25, -0.2) is 0 Å². The molecule has 0 radical (unpaired) electrons. The lowest BCUT2D eigenvalue weighted by Gasteiger charge is -2.22. The van der Waals surface area contributed by atoms with Crippen molar-refractivity contribution in [1.82, 2.24) is 4.98 Å². The van der Waals surface area contributed by atoms with Crippen molar-refractivity contribution in [1.29, 1.82) is 5.26 Å². The van der Waals surface area contributed by atoms with Crippen LogP contribution in [0.4, 0.5) is 17.1 Å². The Bertz CT molecular complexity index is 849. The van der Waals surface area contributed by atoms with E-state index >= 15 is 0 Å².